The largest absolute Gasteiger partial charge is 0.496 e. The fourth-order valence-corrected chi connectivity index (χ4v) is 4.51. The monoisotopic (exact) mass is 416 g/mol. The Morgan fingerprint density at radius 1 is 0.903 bits per heavy atom. The zero-order chi connectivity index (χ0) is 21.3. The molecule has 0 amide bonds. The van der Waals surface area contributed by atoms with Crippen LogP contribution in [-0.4, -0.2) is 37.7 Å². The van der Waals surface area contributed by atoms with Crippen LogP contribution in [0.3, 0.4) is 0 Å². The summed E-state index contributed by atoms with van der Waals surface area (Å²) in [5.74, 6) is 1.87. The molecule has 4 heteroatoms. The maximum Gasteiger partial charge on any atom is 0.123 e. The first-order valence-corrected chi connectivity index (χ1v) is 11.2. The van der Waals surface area contributed by atoms with Crippen molar-refractivity contribution in [1.29, 1.82) is 0 Å². The van der Waals surface area contributed by atoms with Gasteiger partial charge in [0.25, 0.3) is 0 Å². The number of nitrogens with zero attached hydrogens (tertiary/aromatic N) is 1. The molecule has 0 spiro atoms. The number of likely N-dealkylation sites (tertiary alicyclic amines) is 1. The van der Waals surface area contributed by atoms with Crippen LogP contribution in [0.25, 0.3) is 0 Å². The molecule has 1 aliphatic heterocycles. The Balaban J connectivity index is 1.46. The molecule has 1 saturated heterocycles. The van der Waals surface area contributed by atoms with Gasteiger partial charge in [0.05, 0.1) is 13.2 Å². The first-order valence-electron chi connectivity index (χ1n) is 11.2. The average Bonchev–Trinajstić information content (AvgIpc) is 2.84. The number of benzene rings is 3. The van der Waals surface area contributed by atoms with Gasteiger partial charge in [0.15, 0.2) is 0 Å². The highest BCUT2D eigenvalue weighted by atomic mass is 16.5. The van der Waals surface area contributed by atoms with Gasteiger partial charge in [-0.15, -0.1) is 0 Å². The lowest BCUT2D eigenvalue weighted by Gasteiger charge is -2.42. The second-order valence-corrected chi connectivity index (χ2v) is 7.99. The normalized spacial score (nSPS) is 19.1. The average molecular weight is 417 g/mol. The summed E-state index contributed by atoms with van der Waals surface area (Å²) < 4.78 is 11.6. The van der Waals surface area contributed by atoms with E-state index in [2.05, 4.69) is 52.7 Å². The number of ether oxygens (including phenoxy) is 2. The molecule has 4 nitrogen and oxygen atoms in total. The van der Waals surface area contributed by atoms with Crippen LogP contribution in [0.5, 0.6) is 11.5 Å². The number of para-hydroxylation sites is 2. The highest BCUT2D eigenvalue weighted by Crippen LogP contribution is 2.32. The Morgan fingerprint density at radius 3 is 2.39 bits per heavy atom. The van der Waals surface area contributed by atoms with Crippen molar-refractivity contribution < 1.29 is 9.47 Å². The van der Waals surface area contributed by atoms with Crippen molar-refractivity contribution in [3.63, 3.8) is 0 Å². The van der Waals surface area contributed by atoms with E-state index in [4.69, 9.17) is 9.47 Å². The Morgan fingerprint density at radius 2 is 1.61 bits per heavy atom. The van der Waals surface area contributed by atoms with Crippen molar-refractivity contribution in [1.82, 2.24) is 10.2 Å². The van der Waals surface area contributed by atoms with Gasteiger partial charge < -0.3 is 14.8 Å². The standard InChI is InChI=1S/C27H32N2O2/c1-30-26-17-9-8-13-23(26)21-28-25-16-10-18-29(27(25)22-11-4-2-5-12-22)19-20-31-24-14-6-3-7-15-24/h2-9,11-15,17,25,27-28H,10,16,18-21H2,1H3. The number of piperidine rings is 1. The molecular formula is C27H32N2O2. The van der Waals surface area contributed by atoms with Crippen molar-refractivity contribution in [2.45, 2.75) is 31.5 Å². The van der Waals surface area contributed by atoms with E-state index in [0.29, 0.717) is 18.7 Å². The third-order valence-corrected chi connectivity index (χ3v) is 6.01. The number of hydrogen-bond donors (Lipinski definition) is 1. The molecule has 2 unspecified atom stereocenters. The third kappa shape index (κ3) is 5.66. The Kier molecular flexibility index (Phi) is 7.59. The minimum Gasteiger partial charge on any atom is -0.496 e. The summed E-state index contributed by atoms with van der Waals surface area (Å²) in [6, 6.07) is 29.9. The van der Waals surface area contributed by atoms with Crippen LogP contribution < -0.4 is 14.8 Å². The number of rotatable bonds is 9. The molecule has 0 aromatic heterocycles. The van der Waals surface area contributed by atoms with E-state index < -0.39 is 0 Å². The predicted octanol–water partition coefficient (Wildman–Crippen LogP) is 5.07. The van der Waals surface area contributed by atoms with E-state index in [9.17, 15) is 0 Å². The molecule has 2 atom stereocenters. The zero-order valence-corrected chi connectivity index (χ0v) is 18.2. The quantitative estimate of drug-likeness (QED) is 0.528. The maximum atomic E-state index is 6.01. The van der Waals surface area contributed by atoms with Crippen molar-refractivity contribution in [2.24, 2.45) is 0 Å². The molecular weight excluding hydrogens is 384 g/mol. The molecule has 0 bridgehead atoms. The van der Waals surface area contributed by atoms with Crippen molar-refractivity contribution in [2.75, 3.05) is 26.8 Å². The SMILES string of the molecule is COc1ccccc1CNC1CCCN(CCOc2ccccc2)C1c1ccccc1. The van der Waals surface area contributed by atoms with Gasteiger partial charge in [-0.05, 0) is 43.1 Å². The Hall–Kier alpha value is -2.82. The van der Waals surface area contributed by atoms with Crippen LogP contribution >= 0.6 is 0 Å². The van der Waals surface area contributed by atoms with Crippen molar-refractivity contribution in [3.8, 4) is 11.5 Å². The molecule has 1 N–H and O–H groups in total. The van der Waals surface area contributed by atoms with E-state index in [1.807, 2.05) is 42.5 Å². The van der Waals surface area contributed by atoms with E-state index in [1.54, 1.807) is 7.11 Å². The van der Waals surface area contributed by atoms with Gasteiger partial charge in [-0.1, -0.05) is 66.7 Å². The summed E-state index contributed by atoms with van der Waals surface area (Å²) in [5, 5.41) is 3.84. The van der Waals surface area contributed by atoms with Gasteiger partial charge in [-0.3, -0.25) is 4.90 Å². The van der Waals surface area contributed by atoms with Gasteiger partial charge in [-0.25, -0.2) is 0 Å². The van der Waals surface area contributed by atoms with Gasteiger partial charge in [0.2, 0.25) is 0 Å². The number of methoxy groups -OCH3 is 1. The highest BCUT2D eigenvalue weighted by Gasteiger charge is 2.32. The predicted molar refractivity (Wildman–Crippen MR) is 126 cm³/mol. The molecule has 1 fully saturated rings. The van der Waals surface area contributed by atoms with Crippen LogP contribution in [0.4, 0.5) is 0 Å². The van der Waals surface area contributed by atoms with Crippen LogP contribution in [-0.2, 0) is 6.54 Å². The fraction of sp³-hybridized carbons (Fsp3) is 0.333. The smallest absolute Gasteiger partial charge is 0.123 e. The molecule has 162 valence electrons. The molecule has 0 saturated carbocycles. The van der Waals surface area contributed by atoms with E-state index in [-0.39, 0.29) is 0 Å². The van der Waals surface area contributed by atoms with Crippen LogP contribution in [0, 0.1) is 0 Å². The lowest BCUT2D eigenvalue weighted by atomic mass is 9.90. The minimum atomic E-state index is 0.323. The Labute approximate surface area is 185 Å². The molecule has 3 aromatic rings. The highest BCUT2D eigenvalue weighted by molar-refractivity contribution is 5.33. The lowest BCUT2D eigenvalue weighted by molar-refractivity contribution is 0.0930. The number of hydrogen-bond acceptors (Lipinski definition) is 4. The zero-order valence-electron chi connectivity index (χ0n) is 18.2. The summed E-state index contributed by atoms with van der Waals surface area (Å²) >= 11 is 0. The molecule has 31 heavy (non-hydrogen) atoms. The number of nitrogens with one attached hydrogen (secondary N) is 1. The summed E-state index contributed by atoms with van der Waals surface area (Å²) in [6.07, 6.45) is 2.34. The van der Waals surface area contributed by atoms with Crippen molar-refractivity contribution in [3.05, 3.63) is 96.1 Å². The van der Waals surface area contributed by atoms with Gasteiger partial charge in [-0.2, -0.15) is 0 Å². The van der Waals surface area contributed by atoms with Crippen LogP contribution in [0.15, 0.2) is 84.9 Å². The Bertz CT molecular complexity index is 917. The molecule has 3 aromatic carbocycles. The summed E-state index contributed by atoms with van der Waals surface area (Å²) in [5.41, 5.74) is 2.56. The summed E-state index contributed by atoms with van der Waals surface area (Å²) in [6.45, 7) is 3.48. The van der Waals surface area contributed by atoms with Crippen LogP contribution in [0.1, 0.15) is 30.0 Å². The molecule has 0 radical (unpaired) electrons. The summed E-state index contributed by atoms with van der Waals surface area (Å²) in [7, 11) is 1.74. The first-order chi connectivity index (χ1) is 15.3. The fourth-order valence-electron chi connectivity index (χ4n) is 4.51. The van der Waals surface area contributed by atoms with E-state index in [0.717, 1.165) is 37.6 Å². The first kappa shape index (κ1) is 21.4. The van der Waals surface area contributed by atoms with Gasteiger partial charge in [0, 0.05) is 24.7 Å². The van der Waals surface area contributed by atoms with E-state index >= 15 is 0 Å². The molecule has 4 rings (SSSR count). The second-order valence-electron chi connectivity index (χ2n) is 7.99. The minimum absolute atomic E-state index is 0.323. The second kappa shape index (κ2) is 11.0. The molecule has 0 aliphatic carbocycles. The van der Waals surface area contributed by atoms with Crippen LogP contribution in [0.2, 0.25) is 0 Å². The van der Waals surface area contributed by atoms with Crippen molar-refractivity contribution >= 4 is 0 Å². The molecule has 1 aliphatic rings. The lowest BCUT2D eigenvalue weighted by Crippen LogP contribution is -2.49. The van der Waals surface area contributed by atoms with Gasteiger partial charge >= 0.3 is 0 Å². The topological polar surface area (TPSA) is 33.7 Å². The van der Waals surface area contributed by atoms with Gasteiger partial charge in [0.1, 0.15) is 18.1 Å². The third-order valence-electron chi connectivity index (χ3n) is 6.01. The van der Waals surface area contributed by atoms with E-state index in [1.165, 1.54) is 17.5 Å². The summed E-state index contributed by atoms with van der Waals surface area (Å²) in [4.78, 5) is 2.57. The molecule has 1 heterocycles. The maximum absolute atomic E-state index is 6.01.